The van der Waals surface area contributed by atoms with Crippen molar-refractivity contribution in [2.75, 3.05) is 5.75 Å². The fourth-order valence-corrected chi connectivity index (χ4v) is 1.94. The molecule has 0 aliphatic rings. The minimum atomic E-state index is 0.172. The van der Waals surface area contributed by atoms with Crippen molar-refractivity contribution in [3.8, 4) is 0 Å². The van der Waals surface area contributed by atoms with Crippen molar-refractivity contribution in [3.63, 3.8) is 0 Å². The van der Waals surface area contributed by atoms with Crippen LogP contribution < -0.4 is 0 Å². The SMILES string of the molecule is C=C(C)CSC(C)/C(C)=C(/C)C(C)=O. The second kappa shape index (κ2) is 6.07. The lowest BCUT2D eigenvalue weighted by molar-refractivity contribution is -0.113. The van der Waals surface area contributed by atoms with Crippen molar-refractivity contribution in [3.05, 3.63) is 23.3 Å². The van der Waals surface area contributed by atoms with Crippen molar-refractivity contribution in [2.45, 2.75) is 39.9 Å². The third-order valence-electron chi connectivity index (χ3n) is 2.31. The standard InChI is InChI=1S/C12H20OS/c1-8(2)7-14-12(6)10(4)9(3)11(5)13/h12H,1,7H2,2-6H3/b10-9-. The molecule has 14 heavy (non-hydrogen) atoms. The van der Waals surface area contributed by atoms with E-state index in [2.05, 4.69) is 13.5 Å². The fraction of sp³-hybridized carbons (Fsp3) is 0.583. The van der Waals surface area contributed by atoms with Gasteiger partial charge in [0.1, 0.15) is 0 Å². The lowest BCUT2D eigenvalue weighted by Crippen LogP contribution is -2.06. The monoisotopic (exact) mass is 212 g/mol. The Morgan fingerprint density at radius 2 is 1.79 bits per heavy atom. The highest BCUT2D eigenvalue weighted by Crippen LogP contribution is 2.23. The second-order valence-electron chi connectivity index (χ2n) is 3.77. The summed E-state index contributed by atoms with van der Waals surface area (Å²) in [5.74, 6) is 1.13. The molecule has 0 saturated heterocycles. The zero-order chi connectivity index (χ0) is 11.3. The first-order valence-corrected chi connectivity index (χ1v) is 5.85. The van der Waals surface area contributed by atoms with Crippen LogP contribution in [-0.2, 0) is 4.79 Å². The number of thioether (sulfide) groups is 1. The van der Waals surface area contributed by atoms with E-state index < -0.39 is 0 Å². The third kappa shape index (κ3) is 4.66. The first-order valence-electron chi connectivity index (χ1n) is 4.80. The molecule has 80 valence electrons. The quantitative estimate of drug-likeness (QED) is 0.511. The molecule has 1 atom stereocenters. The van der Waals surface area contributed by atoms with Crippen LogP contribution in [0.2, 0.25) is 0 Å². The van der Waals surface area contributed by atoms with E-state index in [0.717, 1.165) is 11.3 Å². The van der Waals surface area contributed by atoms with Crippen molar-refractivity contribution < 1.29 is 4.79 Å². The number of hydrogen-bond acceptors (Lipinski definition) is 2. The maximum absolute atomic E-state index is 11.1. The normalized spacial score (nSPS) is 14.6. The average molecular weight is 212 g/mol. The van der Waals surface area contributed by atoms with E-state index in [9.17, 15) is 4.79 Å². The van der Waals surface area contributed by atoms with Gasteiger partial charge in [-0.05, 0) is 40.2 Å². The number of hydrogen-bond donors (Lipinski definition) is 0. The van der Waals surface area contributed by atoms with Gasteiger partial charge >= 0.3 is 0 Å². The van der Waals surface area contributed by atoms with Crippen LogP contribution >= 0.6 is 11.8 Å². The predicted octanol–water partition coefficient (Wildman–Crippen LogP) is 3.61. The number of Topliss-reactive ketones (excluding diaryl/α,β-unsaturated/α-hetero) is 1. The second-order valence-corrected chi connectivity index (χ2v) is 5.10. The Morgan fingerprint density at radius 3 is 2.14 bits per heavy atom. The first kappa shape index (κ1) is 13.5. The number of allylic oxidation sites excluding steroid dienone is 1. The van der Waals surface area contributed by atoms with Crippen molar-refractivity contribution in [1.82, 2.24) is 0 Å². The molecule has 0 heterocycles. The number of ketones is 1. The Hall–Kier alpha value is -0.500. The van der Waals surface area contributed by atoms with Gasteiger partial charge in [0.2, 0.25) is 0 Å². The van der Waals surface area contributed by atoms with E-state index in [0.29, 0.717) is 5.25 Å². The molecule has 2 heteroatoms. The summed E-state index contributed by atoms with van der Waals surface area (Å²) in [4.78, 5) is 11.1. The van der Waals surface area contributed by atoms with Gasteiger partial charge in [-0.3, -0.25) is 4.79 Å². The first-order chi connectivity index (χ1) is 6.36. The molecule has 0 aromatic rings. The Labute approximate surface area is 91.7 Å². The van der Waals surface area contributed by atoms with E-state index in [4.69, 9.17) is 0 Å². The van der Waals surface area contributed by atoms with E-state index in [1.807, 2.05) is 32.5 Å². The minimum Gasteiger partial charge on any atom is -0.295 e. The third-order valence-corrected chi connectivity index (χ3v) is 3.82. The number of rotatable bonds is 5. The van der Waals surface area contributed by atoms with Gasteiger partial charge < -0.3 is 0 Å². The molecule has 0 N–H and O–H groups in total. The van der Waals surface area contributed by atoms with E-state index in [1.54, 1.807) is 6.92 Å². The van der Waals surface area contributed by atoms with Gasteiger partial charge in [-0.15, -0.1) is 11.8 Å². The predicted molar refractivity (Wildman–Crippen MR) is 65.8 cm³/mol. The Morgan fingerprint density at radius 1 is 1.29 bits per heavy atom. The van der Waals surface area contributed by atoms with Gasteiger partial charge in [-0.25, -0.2) is 0 Å². The average Bonchev–Trinajstić information content (AvgIpc) is 2.11. The molecule has 0 amide bonds. The topological polar surface area (TPSA) is 17.1 Å². The summed E-state index contributed by atoms with van der Waals surface area (Å²) < 4.78 is 0. The van der Waals surface area contributed by atoms with Crippen molar-refractivity contribution in [1.29, 1.82) is 0 Å². The number of carbonyl (C=O) groups excluding carboxylic acids is 1. The summed E-state index contributed by atoms with van der Waals surface area (Å²) in [6.45, 7) is 13.6. The summed E-state index contributed by atoms with van der Waals surface area (Å²) in [5.41, 5.74) is 3.26. The molecular formula is C12H20OS. The molecular weight excluding hydrogens is 192 g/mol. The summed E-state index contributed by atoms with van der Waals surface area (Å²) in [7, 11) is 0. The molecule has 0 saturated carbocycles. The van der Waals surface area contributed by atoms with Crippen molar-refractivity contribution >= 4 is 17.5 Å². The van der Waals surface area contributed by atoms with Crippen LogP contribution in [0, 0.1) is 0 Å². The van der Waals surface area contributed by atoms with Crippen LogP contribution in [0.4, 0.5) is 0 Å². The molecule has 0 rings (SSSR count). The van der Waals surface area contributed by atoms with Gasteiger partial charge in [0.25, 0.3) is 0 Å². The summed E-state index contributed by atoms with van der Waals surface area (Å²) in [6, 6.07) is 0. The van der Waals surface area contributed by atoms with E-state index in [-0.39, 0.29) is 5.78 Å². The molecule has 0 aromatic heterocycles. The molecule has 0 aromatic carbocycles. The fourth-order valence-electron chi connectivity index (χ4n) is 0.975. The molecule has 0 fully saturated rings. The van der Waals surface area contributed by atoms with Crippen LogP contribution in [0.1, 0.15) is 34.6 Å². The molecule has 0 bridgehead atoms. The highest BCUT2D eigenvalue weighted by Gasteiger charge is 2.10. The van der Waals surface area contributed by atoms with Crippen LogP contribution in [-0.4, -0.2) is 16.8 Å². The Bertz CT molecular complexity index is 263. The van der Waals surface area contributed by atoms with Gasteiger partial charge in [-0.2, -0.15) is 0 Å². The molecule has 0 aliphatic carbocycles. The van der Waals surface area contributed by atoms with Crippen LogP contribution in [0.3, 0.4) is 0 Å². The van der Waals surface area contributed by atoms with E-state index in [1.165, 1.54) is 11.1 Å². The van der Waals surface area contributed by atoms with Crippen molar-refractivity contribution in [2.24, 2.45) is 0 Å². The van der Waals surface area contributed by atoms with Gasteiger partial charge in [0, 0.05) is 11.0 Å². The zero-order valence-corrected chi connectivity index (χ0v) is 10.6. The van der Waals surface area contributed by atoms with Crippen LogP contribution in [0.5, 0.6) is 0 Å². The highest BCUT2D eigenvalue weighted by molar-refractivity contribution is 8.00. The Kier molecular flexibility index (Phi) is 5.86. The molecule has 0 spiro atoms. The smallest absolute Gasteiger partial charge is 0.155 e. The zero-order valence-electron chi connectivity index (χ0n) is 9.81. The summed E-state index contributed by atoms with van der Waals surface area (Å²) >= 11 is 1.83. The number of carbonyl (C=O) groups is 1. The lowest BCUT2D eigenvalue weighted by atomic mass is 10.1. The summed E-state index contributed by atoms with van der Waals surface area (Å²) in [5, 5.41) is 0.399. The molecule has 1 nitrogen and oxygen atoms in total. The molecule has 1 unspecified atom stereocenters. The van der Waals surface area contributed by atoms with Gasteiger partial charge in [0.15, 0.2) is 5.78 Å². The lowest BCUT2D eigenvalue weighted by Gasteiger charge is -2.14. The maximum Gasteiger partial charge on any atom is 0.155 e. The molecule has 0 aliphatic heterocycles. The molecule has 0 radical (unpaired) electrons. The summed E-state index contributed by atoms with van der Waals surface area (Å²) in [6.07, 6.45) is 0. The van der Waals surface area contributed by atoms with Crippen LogP contribution in [0.15, 0.2) is 23.3 Å². The highest BCUT2D eigenvalue weighted by atomic mass is 32.2. The van der Waals surface area contributed by atoms with Crippen LogP contribution in [0.25, 0.3) is 0 Å². The maximum atomic E-state index is 11.1. The van der Waals surface area contributed by atoms with Gasteiger partial charge in [-0.1, -0.05) is 17.7 Å². The minimum absolute atomic E-state index is 0.172. The Balaban J connectivity index is 4.38. The largest absolute Gasteiger partial charge is 0.295 e. The van der Waals surface area contributed by atoms with E-state index >= 15 is 0 Å². The van der Waals surface area contributed by atoms with Gasteiger partial charge in [0.05, 0.1) is 0 Å².